The summed E-state index contributed by atoms with van der Waals surface area (Å²) >= 11 is 0. The lowest BCUT2D eigenvalue weighted by Gasteiger charge is -2.19. The second-order valence-electron chi connectivity index (χ2n) is 9.20. The zero-order valence-corrected chi connectivity index (χ0v) is 23.1. The Hall–Kier alpha value is -3.50. The summed E-state index contributed by atoms with van der Waals surface area (Å²) in [6, 6.07) is 9.73. The van der Waals surface area contributed by atoms with E-state index >= 15 is 4.39 Å². The maximum absolute atomic E-state index is 15.5. The number of anilines is 1. The summed E-state index contributed by atoms with van der Waals surface area (Å²) in [5.74, 6) is -0.867. The summed E-state index contributed by atoms with van der Waals surface area (Å²) < 4.78 is 35.0. The Kier molecular flexibility index (Phi) is 9.82. The molecule has 1 aromatic heterocycles. The SMILES string of the molecule is CCCC(C)Oc1cc(-n2nc(C(C)OC(C)OCC)n(C)c2=O)c(F)cc1C(=O)Nc1ccccc1C. The molecule has 2 aromatic carbocycles. The second kappa shape index (κ2) is 12.8. The lowest BCUT2D eigenvalue weighted by atomic mass is 10.1. The lowest BCUT2D eigenvalue weighted by molar-refractivity contribution is -0.156. The van der Waals surface area contributed by atoms with Crippen molar-refractivity contribution in [2.24, 2.45) is 7.05 Å². The number of aryl methyl sites for hydroxylation is 1. The first-order valence-electron chi connectivity index (χ1n) is 12.9. The molecule has 0 radical (unpaired) electrons. The standard InChI is InChI=1S/C28H37FN4O5/c1-8-12-18(4)37-25-16-24(22(29)15-21(25)27(34)30-23-14-11-10-13-17(23)3)33-28(35)32(7)26(31-33)19(5)38-20(6)36-9-2/h10-11,13-16,18-20H,8-9,12H2,1-7H3,(H,30,34). The van der Waals surface area contributed by atoms with Crippen LogP contribution < -0.4 is 15.7 Å². The highest BCUT2D eigenvalue weighted by atomic mass is 19.1. The monoisotopic (exact) mass is 528 g/mol. The van der Waals surface area contributed by atoms with E-state index in [-0.39, 0.29) is 23.1 Å². The molecule has 206 valence electrons. The van der Waals surface area contributed by atoms with Gasteiger partial charge in [0.2, 0.25) is 0 Å². The number of nitrogens with zero attached hydrogens (tertiary/aromatic N) is 3. The molecular weight excluding hydrogens is 491 g/mol. The largest absolute Gasteiger partial charge is 0.490 e. The molecule has 3 aromatic rings. The van der Waals surface area contributed by atoms with E-state index in [0.717, 1.165) is 29.2 Å². The minimum absolute atomic E-state index is 0.0175. The molecule has 1 N–H and O–H groups in total. The van der Waals surface area contributed by atoms with Crippen LogP contribution in [0.1, 0.15) is 75.3 Å². The Bertz CT molecular complexity index is 1320. The molecule has 9 nitrogen and oxygen atoms in total. The van der Waals surface area contributed by atoms with Crippen molar-refractivity contribution in [3.05, 3.63) is 69.7 Å². The molecule has 0 bridgehead atoms. The highest BCUT2D eigenvalue weighted by molar-refractivity contribution is 6.06. The summed E-state index contributed by atoms with van der Waals surface area (Å²) in [6.45, 7) is 11.6. The van der Waals surface area contributed by atoms with Crippen molar-refractivity contribution < 1.29 is 23.4 Å². The van der Waals surface area contributed by atoms with Gasteiger partial charge in [-0.25, -0.2) is 9.18 Å². The van der Waals surface area contributed by atoms with Crippen molar-refractivity contribution in [1.29, 1.82) is 0 Å². The molecular formula is C28H37FN4O5. The fourth-order valence-electron chi connectivity index (χ4n) is 4.15. The topological polar surface area (TPSA) is 96.6 Å². The van der Waals surface area contributed by atoms with Gasteiger partial charge in [0.25, 0.3) is 5.91 Å². The molecule has 0 saturated heterocycles. The number of aromatic nitrogens is 3. The van der Waals surface area contributed by atoms with Gasteiger partial charge in [-0.1, -0.05) is 31.5 Å². The third-order valence-electron chi connectivity index (χ3n) is 6.11. The number of carbonyl (C=O) groups excluding carboxylic acids is 1. The van der Waals surface area contributed by atoms with E-state index in [1.807, 2.05) is 39.8 Å². The van der Waals surface area contributed by atoms with Crippen molar-refractivity contribution in [3.63, 3.8) is 0 Å². The van der Waals surface area contributed by atoms with Gasteiger partial charge in [-0.2, -0.15) is 4.68 Å². The van der Waals surface area contributed by atoms with Crippen molar-refractivity contribution in [3.8, 4) is 11.4 Å². The van der Waals surface area contributed by atoms with Gasteiger partial charge in [0.1, 0.15) is 23.4 Å². The van der Waals surface area contributed by atoms with E-state index in [1.165, 1.54) is 17.7 Å². The van der Waals surface area contributed by atoms with Gasteiger partial charge in [-0.3, -0.25) is 9.36 Å². The third-order valence-corrected chi connectivity index (χ3v) is 6.11. The van der Waals surface area contributed by atoms with Crippen LogP contribution in [0.4, 0.5) is 10.1 Å². The summed E-state index contributed by atoms with van der Waals surface area (Å²) in [4.78, 5) is 26.3. The van der Waals surface area contributed by atoms with E-state index in [2.05, 4.69) is 10.4 Å². The molecule has 3 rings (SSSR count). The maximum Gasteiger partial charge on any atom is 0.350 e. The van der Waals surface area contributed by atoms with Gasteiger partial charge in [0.05, 0.1) is 11.7 Å². The zero-order chi connectivity index (χ0) is 28.0. The van der Waals surface area contributed by atoms with E-state index in [1.54, 1.807) is 26.0 Å². The fourth-order valence-corrected chi connectivity index (χ4v) is 4.15. The molecule has 10 heteroatoms. The quantitative estimate of drug-likeness (QED) is 0.321. The normalized spacial score (nSPS) is 13.7. The number of hydrogen-bond donors (Lipinski definition) is 1. The van der Waals surface area contributed by atoms with Crippen LogP contribution in [0.15, 0.2) is 41.2 Å². The lowest BCUT2D eigenvalue weighted by Crippen LogP contribution is -2.24. The molecule has 0 aliphatic carbocycles. The van der Waals surface area contributed by atoms with Crippen LogP contribution >= 0.6 is 0 Å². The Morgan fingerprint density at radius 1 is 1.16 bits per heavy atom. The summed E-state index contributed by atoms with van der Waals surface area (Å²) in [6.07, 6.45) is 0.233. The fraction of sp³-hybridized carbons (Fsp3) is 0.464. The number of rotatable bonds is 12. The van der Waals surface area contributed by atoms with Gasteiger partial charge in [-0.05, 0) is 58.7 Å². The number of halogens is 1. The van der Waals surface area contributed by atoms with Crippen molar-refractivity contribution in [1.82, 2.24) is 14.3 Å². The molecule has 0 aliphatic rings. The summed E-state index contributed by atoms with van der Waals surface area (Å²) in [5.41, 5.74) is 0.790. The number of hydrogen-bond acceptors (Lipinski definition) is 6. The van der Waals surface area contributed by atoms with Crippen LogP contribution in [-0.4, -0.2) is 39.3 Å². The Labute approximate surface area is 222 Å². The number of amides is 1. The molecule has 0 spiro atoms. The Morgan fingerprint density at radius 2 is 1.87 bits per heavy atom. The molecule has 3 unspecified atom stereocenters. The number of para-hydroxylation sites is 1. The Balaban J connectivity index is 2.04. The number of nitrogens with one attached hydrogen (secondary N) is 1. The Morgan fingerprint density at radius 3 is 2.53 bits per heavy atom. The number of carbonyl (C=O) groups is 1. The first-order chi connectivity index (χ1) is 18.1. The molecule has 0 saturated carbocycles. The highest BCUT2D eigenvalue weighted by Gasteiger charge is 2.25. The van der Waals surface area contributed by atoms with E-state index in [0.29, 0.717) is 18.1 Å². The predicted octanol–water partition coefficient (Wildman–Crippen LogP) is 5.30. The first kappa shape index (κ1) is 29.1. The van der Waals surface area contributed by atoms with Crippen LogP contribution in [0.3, 0.4) is 0 Å². The highest BCUT2D eigenvalue weighted by Crippen LogP contribution is 2.29. The molecule has 0 aliphatic heterocycles. The minimum atomic E-state index is -0.793. The van der Waals surface area contributed by atoms with Gasteiger partial charge in [-0.15, -0.1) is 5.10 Å². The molecule has 1 heterocycles. The van der Waals surface area contributed by atoms with Crippen LogP contribution in [0.5, 0.6) is 5.75 Å². The van der Waals surface area contributed by atoms with E-state index < -0.39 is 29.8 Å². The predicted molar refractivity (Wildman–Crippen MR) is 143 cm³/mol. The van der Waals surface area contributed by atoms with Gasteiger partial charge < -0.3 is 19.5 Å². The zero-order valence-electron chi connectivity index (χ0n) is 23.1. The van der Waals surface area contributed by atoms with Gasteiger partial charge in [0.15, 0.2) is 12.1 Å². The van der Waals surface area contributed by atoms with E-state index in [9.17, 15) is 9.59 Å². The third kappa shape index (κ3) is 6.68. The smallest absolute Gasteiger partial charge is 0.350 e. The number of benzene rings is 2. The average Bonchev–Trinajstić information content (AvgIpc) is 3.15. The second-order valence-corrected chi connectivity index (χ2v) is 9.20. The van der Waals surface area contributed by atoms with Crippen LogP contribution in [0.25, 0.3) is 5.69 Å². The molecule has 3 atom stereocenters. The summed E-state index contributed by atoms with van der Waals surface area (Å²) in [5, 5.41) is 7.18. The molecule has 38 heavy (non-hydrogen) atoms. The van der Waals surface area contributed by atoms with Crippen molar-refractivity contribution >= 4 is 11.6 Å². The van der Waals surface area contributed by atoms with Gasteiger partial charge >= 0.3 is 5.69 Å². The van der Waals surface area contributed by atoms with Crippen molar-refractivity contribution in [2.75, 3.05) is 11.9 Å². The first-order valence-corrected chi connectivity index (χ1v) is 12.9. The van der Waals surface area contributed by atoms with E-state index in [4.69, 9.17) is 14.2 Å². The molecule has 1 amide bonds. The van der Waals surface area contributed by atoms with Crippen LogP contribution in [-0.2, 0) is 16.5 Å². The average molecular weight is 529 g/mol. The number of ether oxygens (including phenoxy) is 3. The van der Waals surface area contributed by atoms with Crippen LogP contribution in [0, 0.1) is 12.7 Å². The maximum atomic E-state index is 15.5. The summed E-state index contributed by atoms with van der Waals surface area (Å²) in [7, 11) is 1.54. The van der Waals surface area contributed by atoms with Gasteiger partial charge in [0, 0.05) is 25.4 Å². The van der Waals surface area contributed by atoms with Crippen LogP contribution in [0.2, 0.25) is 0 Å². The molecule has 0 fully saturated rings. The minimum Gasteiger partial charge on any atom is -0.490 e. The van der Waals surface area contributed by atoms with Crippen molar-refractivity contribution in [2.45, 2.75) is 72.9 Å².